The number of rotatable bonds is 5. The van der Waals surface area contributed by atoms with E-state index in [9.17, 15) is 4.79 Å². The van der Waals surface area contributed by atoms with Gasteiger partial charge >= 0.3 is 5.97 Å². The van der Waals surface area contributed by atoms with E-state index in [1.165, 1.54) is 0 Å². The van der Waals surface area contributed by atoms with Crippen LogP contribution in [-0.2, 0) is 11.3 Å². The zero-order valence-corrected chi connectivity index (χ0v) is 10.9. The first-order valence-corrected chi connectivity index (χ1v) is 6.45. The number of hydrogen-bond acceptors (Lipinski definition) is 4. The molecule has 100 valence electrons. The average Bonchev–Trinajstić information content (AvgIpc) is 2.90. The van der Waals surface area contributed by atoms with Gasteiger partial charge in [0.05, 0.1) is 11.6 Å². The lowest BCUT2D eigenvalue weighted by atomic mass is 9.96. The van der Waals surface area contributed by atoms with Crippen molar-refractivity contribution in [1.29, 1.82) is 0 Å². The summed E-state index contributed by atoms with van der Waals surface area (Å²) >= 11 is 0. The molecule has 2 N–H and O–H groups in total. The number of hydrogen-bond donors (Lipinski definition) is 2. The monoisotopic (exact) mass is 252 g/mol. The molecule has 0 spiro atoms. The molecular formula is C13H20N2O3. The van der Waals surface area contributed by atoms with Crippen LogP contribution in [0.25, 0.3) is 0 Å². The highest BCUT2D eigenvalue weighted by Gasteiger charge is 2.32. The third kappa shape index (κ3) is 2.72. The highest BCUT2D eigenvalue weighted by atomic mass is 16.5. The van der Waals surface area contributed by atoms with Crippen molar-refractivity contribution < 1.29 is 14.4 Å². The molecule has 0 amide bonds. The number of carboxylic acid groups (broad SMARTS) is 1. The standard InChI is InChI=1S/C13H20N2O3/c1-8-12(9(2)18-15-8)7-14-6-10-4-3-5-11(10)13(16)17/h10-11,14H,3-7H2,1-2H3,(H,16,17). The van der Waals surface area contributed by atoms with E-state index in [-0.39, 0.29) is 11.8 Å². The van der Waals surface area contributed by atoms with Gasteiger partial charge in [0.2, 0.25) is 0 Å². The van der Waals surface area contributed by atoms with Crippen molar-refractivity contribution in [2.75, 3.05) is 6.54 Å². The van der Waals surface area contributed by atoms with Crippen molar-refractivity contribution >= 4 is 5.97 Å². The highest BCUT2D eigenvalue weighted by molar-refractivity contribution is 5.70. The van der Waals surface area contributed by atoms with Crippen molar-refractivity contribution in [3.05, 3.63) is 17.0 Å². The minimum atomic E-state index is -0.656. The van der Waals surface area contributed by atoms with Gasteiger partial charge in [0.15, 0.2) is 0 Å². The van der Waals surface area contributed by atoms with Crippen LogP contribution in [0.5, 0.6) is 0 Å². The number of carboxylic acids is 1. The first kappa shape index (κ1) is 13.1. The topological polar surface area (TPSA) is 75.4 Å². The molecule has 1 aliphatic rings. The summed E-state index contributed by atoms with van der Waals surface area (Å²) < 4.78 is 5.09. The van der Waals surface area contributed by atoms with Crippen molar-refractivity contribution in [2.45, 2.75) is 39.7 Å². The molecule has 1 aromatic rings. The molecule has 0 radical (unpaired) electrons. The molecule has 2 atom stereocenters. The molecule has 0 aromatic carbocycles. The molecule has 1 aromatic heterocycles. The van der Waals surface area contributed by atoms with Crippen LogP contribution in [0.2, 0.25) is 0 Å². The second-order valence-corrected chi connectivity index (χ2v) is 5.07. The van der Waals surface area contributed by atoms with Gasteiger partial charge in [0, 0.05) is 12.1 Å². The average molecular weight is 252 g/mol. The zero-order valence-electron chi connectivity index (χ0n) is 10.9. The van der Waals surface area contributed by atoms with Gasteiger partial charge in [-0.1, -0.05) is 11.6 Å². The number of nitrogens with zero attached hydrogens (tertiary/aromatic N) is 1. The summed E-state index contributed by atoms with van der Waals surface area (Å²) in [5.74, 6) is 0.253. The summed E-state index contributed by atoms with van der Waals surface area (Å²) in [7, 11) is 0. The zero-order chi connectivity index (χ0) is 13.1. The molecular weight excluding hydrogens is 232 g/mol. The lowest BCUT2D eigenvalue weighted by Crippen LogP contribution is -2.28. The summed E-state index contributed by atoms with van der Waals surface area (Å²) in [5, 5.41) is 16.3. The molecule has 0 bridgehead atoms. The van der Waals surface area contributed by atoms with Gasteiger partial charge in [-0.15, -0.1) is 0 Å². The Morgan fingerprint density at radius 2 is 2.28 bits per heavy atom. The van der Waals surface area contributed by atoms with Crippen molar-refractivity contribution in [2.24, 2.45) is 11.8 Å². The van der Waals surface area contributed by atoms with Crippen LogP contribution in [0.1, 0.15) is 36.3 Å². The lowest BCUT2D eigenvalue weighted by molar-refractivity contribution is -0.142. The second kappa shape index (κ2) is 5.52. The fourth-order valence-electron chi connectivity index (χ4n) is 2.74. The number of aryl methyl sites for hydroxylation is 2. The minimum absolute atomic E-state index is 0.179. The van der Waals surface area contributed by atoms with Crippen LogP contribution in [-0.4, -0.2) is 22.8 Å². The molecule has 0 aliphatic heterocycles. The first-order valence-electron chi connectivity index (χ1n) is 6.45. The maximum atomic E-state index is 11.1. The van der Waals surface area contributed by atoms with Gasteiger partial charge in [-0.05, 0) is 39.2 Å². The Kier molecular flexibility index (Phi) is 4.01. The van der Waals surface area contributed by atoms with Crippen molar-refractivity contribution in [3.63, 3.8) is 0 Å². The molecule has 5 nitrogen and oxygen atoms in total. The molecule has 1 saturated carbocycles. The summed E-state index contributed by atoms with van der Waals surface area (Å²) in [5.41, 5.74) is 1.99. The highest BCUT2D eigenvalue weighted by Crippen LogP contribution is 2.31. The van der Waals surface area contributed by atoms with Gasteiger partial charge in [-0.25, -0.2) is 0 Å². The van der Waals surface area contributed by atoms with E-state index in [0.29, 0.717) is 6.54 Å². The van der Waals surface area contributed by atoms with Crippen LogP contribution in [0, 0.1) is 25.7 Å². The number of aliphatic carboxylic acids is 1. The number of aromatic nitrogens is 1. The van der Waals surface area contributed by atoms with E-state index >= 15 is 0 Å². The third-order valence-corrected chi connectivity index (χ3v) is 3.87. The summed E-state index contributed by atoms with van der Waals surface area (Å²) in [6.45, 7) is 5.26. The Morgan fingerprint density at radius 3 is 2.89 bits per heavy atom. The largest absolute Gasteiger partial charge is 0.481 e. The predicted molar refractivity (Wildman–Crippen MR) is 66.2 cm³/mol. The van der Waals surface area contributed by atoms with Gasteiger partial charge in [-0.3, -0.25) is 4.79 Å². The van der Waals surface area contributed by atoms with E-state index < -0.39 is 5.97 Å². The van der Waals surface area contributed by atoms with E-state index in [1.54, 1.807) is 0 Å². The summed E-state index contributed by atoms with van der Waals surface area (Å²) in [6.07, 6.45) is 2.84. The van der Waals surface area contributed by atoms with Crippen LogP contribution in [0.15, 0.2) is 4.52 Å². The van der Waals surface area contributed by atoms with Crippen LogP contribution < -0.4 is 5.32 Å². The third-order valence-electron chi connectivity index (χ3n) is 3.87. The Morgan fingerprint density at radius 1 is 1.50 bits per heavy atom. The van der Waals surface area contributed by atoms with Crippen molar-refractivity contribution in [3.8, 4) is 0 Å². The van der Waals surface area contributed by atoms with Gasteiger partial charge in [-0.2, -0.15) is 0 Å². The first-order chi connectivity index (χ1) is 8.59. The Hall–Kier alpha value is -1.36. The van der Waals surface area contributed by atoms with Crippen LogP contribution in [0.3, 0.4) is 0 Å². The van der Waals surface area contributed by atoms with Crippen molar-refractivity contribution in [1.82, 2.24) is 10.5 Å². The SMILES string of the molecule is Cc1noc(C)c1CNCC1CCCC1C(=O)O. The quantitative estimate of drug-likeness (QED) is 0.837. The minimum Gasteiger partial charge on any atom is -0.481 e. The molecule has 5 heteroatoms. The van der Waals surface area contributed by atoms with Crippen LogP contribution >= 0.6 is 0 Å². The number of carbonyl (C=O) groups is 1. The second-order valence-electron chi connectivity index (χ2n) is 5.07. The van der Waals surface area contributed by atoms with E-state index in [0.717, 1.165) is 42.8 Å². The summed E-state index contributed by atoms with van der Waals surface area (Å²) in [6, 6.07) is 0. The van der Waals surface area contributed by atoms with Gasteiger partial charge in [0.1, 0.15) is 5.76 Å². The maximum Gasteiger partial charge on any atom is 0.306 e. The molecule has 1 aliphatic carbocycles. The normalized spacial score (nSPS) is 23.4. The summed E-state index contributed by atoms with van der Waals surface area (Å²) in [4.78, 5) is 11.1. The molecule has 1 fully saturated rings. The van der Waals surface area contributed by atoms with E-state index in [2.05, 4.69) is 10.5 Å². The predicted octanol–water partition coefficient (Wildman–Crippen LogP) is 1.88. The number of nitrogens with one attached hydrogen (secondary N) is 1. The van der Waals surface area contributed by atoms with Crippen LogP contribution in [0.4, 0.5) is 0 Å². The molecule has 0 saturated heterocycles. The Labute approximate surface area is 107 Å². The molecule has 1 heterocycles. The molecule has 18 heavy (non-hydrogen) atoms. The Bertz CT molecular complexity index is 408. The van der Waals surface area contributed by atoms with E-state index in [4.69, 9.17) is 9.63 Å². The molecule has 2 rings (SSSR count). The maximum absolute atomic E-state index is 11.1. The fraction of sp³-hybridized carbons (Fsp3) is 0.692. The van der Waals surface area contributed by atoms with Gasteiger partial charge in [0.25, 0.3) is 0 Å². The molecule has 2 unspecified atom stereocenters. The smallest absolute Gasteiger partial charge is 0.306 e. The lowest BCUT2D eigenvalue weighted by Gasteiger charge is -2.16. The van der Waals surface area contributed by atoms with E-state index in [1.807, 2.05) is 13.8 Å². The fourth-order valence-corrected chi connectivity index (χ4v) is 2.74. The Balaban J connectivity index is 1.84. The van der Waals surface area contributed by atoms with Gasteiger partial charge < -0.3 is 14.9 Å².